The lowest BCUT2D eigenvalue weighted by Crippen LogP contribution is -2.53. The zero-order valence-electron chi connectivity index (χ0n) is 9.30. The molecule has 1 aliphatic rings. The van der Waals surface area contributed by atoms with E-state index in [2.05, 4.69) is 16.9 Å². The van der Waals surface area contributed by atoms with Gasteiger partial charge in [-0.3, -0.25) is 4.90 Å². The van der Waals surface area contributed by atoms with Gasteiger partial charge in [0.15, 0.2) is 0 Å². The lowest BCUT2D eigenvalue weighted by Gasteiger charge is -2.41. The quantitative estimate of drug-likeness (QED) is 0.624. The highest BCUT2D eigenvalue weighted by atomic mass is 15.2. The number of nitrogens with zero attached hydrogens (tertiary/aromatic N) is 2. The van der Waals surface area contributed by atoms with E-state index in [1.54, 1.807) is 0 Å². The Hall–Kier alpha value is -0.990. The van der Waals surface area contributed by atoms with Crippen molar-refractivity contribution in [1.29, 1.82) is 5.26 Å². The van der Waals surface area contributed by atoms with E-state index < -0.39 is 0 Å². The summed E-state index contributed by atoms with van der Waals surface area (Å²) < 4.78 is 0. The summed E-state index contributed by atoms with van der Waals surface area (Å²) in [5.41, 5.74) is -0.657. The molecule has 0 aromatic heterocycles. The number of hydrogen-bond donors (Lipinski definition) is 0. The number of hydrogen-bond acceptors (Lipinski definition) is 2. The average molecular weight is 190 g/mol. The summed E-state index contributed by atoms with van der Waals surface area (Å²) >= 11 is 0. The largest absolute Gasteiger partial charge is 0.273 e. The predicted octanol–water partition coefficient (Wildman–Crippen LogP) is 2.17. The van der Waals surface area contributed by atoms with Crippen LogP contribution in [0, 0.1) is 23.7 Å². The smallest absolute Gasteiger partial charge is 0.110 e. The molecule has 2 nitrogen and oxygen atoms in total. The Kier molecular flexibility index (Phi) is 2.88. The Labute approximate surface area is 86.9 Å². The highest BCUT2D eigenvalue weighted by Crippen LogP contribution is 2.37. The Morgan fingerprint density at radius 2 is 1.86 bits per heavy atom. The van der Waals surface area contributed by atoms with Crippen LogP contribution in [0.25, 0.3) is 0 Å². The van der Waals surface area contributed by atoms with E-state index in [9.17, 15) is 5.26 Å². The Morgan fingerprint density at radius 3 is 2.21 bits per heavy atom. The molecule has 0 radical (unpaired) electrons. The van der Waals surface area contributed by atoms with Crippen molar-refractivity contribution in [2.45, 2.75) is 50.6 Å². The number of terminal acetylenes is 1. The van der Waals surface area contributed by atoms with Crippen molar-refractivity contribution in [3.8, 4) is 18.4 Å². The van der Waals surface area contributed by atoms with Crippen LogP contribution in [0.3, 0.4) is 0 Å². The van der Waals surface area contributed by atoms with E-state index in [1.165, 1.54) is 0 Å². The maximum Gasteiger partial charge on any atom is 0.110 e. The predicted molar refractivity (Wildman–Crippen MR) is 57.5 cm³/mol. The maximum absolute atomic E-state index is 9.29. The first-order valence-electron chi connectivity index (χ1n) is 5.11. The fourth-order valence-corrected chi connectivity index (χ4v) is 2.11. The molecule has 0 heterocycles. The Morgan fingerprint density at radius 1 is 1.36 bits per heavy atom. The molecule has 14 heavy (non-hydrogen) atoms. The minimum atomic E-state index is -0.333. The molecule has 0 bridgehead atoms. The van der Waals surface area contributed by atoms with Gasteiger partial charge >= 0.3 is 0 Å². The van der Waals surface area contributed by atoms with Crippen molar-refractivity contribution < 1.29 is 0 Å². The highest BCUT2D eigenvalue weighted by Gasteiger charge is 2.43. The average Bonchev–Trinajstić information content (AvgIpc) is 2.66. The van der Waals surface area contributed by atoms with Crippen LogP contribution in [0.5, 0.6) is 0 Å². The first-order chi connectivity index (χ1) is 6.48. The zero-order chi connectivity index (χ0) is 10.8. The van der Waals surface area contributed by atoms with E-state index in [1.807, 2.05) is 20.9 Å². The number of nitriles is 1. The van der Waals surface area contributed by atoms with Crippen LogP contribution < -0.4 is 0 Å². The zero-order valence-corrected chi connectivity index (χ0v) is 9.30. The first kappa shape index (κ1) is 11.1. The molecular weight excluding hydrogens is 172 g/mol. The lowest BCUT2D eigenvalue weighted by atomic mass is 9.91. The molecule has 1 saturated carbocycles. The molecule has 0 atom stereocenters. The second-order valence-corrected chi connectivity index (χ2v) is 4.61. The van der Waals surface area contributed by atoms with Gasteiger partial charge in [-0.2, -0.15) is 5.26 Å². The molecule has 0 unspecified atom stereocenters. The third-order valence-electron chi connectivity index (χ3n) is 3.47. The molecule has 0 N–H and O–H groups in total. The molecule has 0 aromatic rings. The molecule has 76 valence electrons. The van der Waals surface area contributed by atoms with Gasteiger partial charge in [-0.15, -0.1) is 6.42 Å². The molecule has 1 rings (SSSR count). The molecular formula is C12H18N2. The summed E-state index contributed by atoms with van der Waals surface area (Å²) in [5, 5.41) is 9.29. The van der Waals surface area contributed by atoms with Crippen molar-refractivity contribution in [2.75, 3.05) is 7.05 Å². The summed E-state index contributed by atoms with van der Waals surface area (Å²) in [6, 6.07) is 2.45. The Balaban J connectivity index is 2.93. The van der Waals surface area contributed by atoms with Gasteiger partial charge in [0.25, 0.3) is 0 Å². The maximum atomic E-state index is 9.29. The summed E-state index contributed by atoms with van der Waals surface area (Å²) in [6.07, 6.45) is 9.66. The summed E-state index contributed by atoms with van der Waals surface area (Å²) in [5.74, 6) is 2.75. The van der Waals surface area contributed by atoms with E-state index in [0.29, 0.717) is 0 Å². The van der Waals surface area contributed by atoms with Crippen LogP contribution in [0.2, 0.25) is 0 Å². The van der Waals surface area contributed by atoms with Crippen LogP contribution >= 0.6 is 0 Å². The fourth-order valence-electron chi connectivity index (χ4n) is 2.11. The third kappa shape index (κ3) is 1.63. The normalized spacial score (nSPS) is 20.4. The van der Waals surface area contributed by atoms with Gasteiger partial charge in [0.1, 0.15) is 5.54 Å². The van der Waals surface area contributed by atoms with Crippen LogP contribution in [0.4, 0.5) is 0 Å². The van der Waals surface area contributed by atoms with E-state index in [-0.39, 0.29) is 11.1 Å². The van der Waals surface area contributed by atoms with Crippen molar-refractivity contribution in [3.63, 3.8) is 0 Å². The minimum Gasteiger partial charge on any atom is -0.273 e. The molecule has 0 saturated heterocycles. The van der Waals surface area contributed by atoms with E-state index in [0.717, 1.165) is 25.7 Å². The van der Waals surface area contributed by atoms with E-state index >= 15 is 0 Å². The summed E-state index contributed by atoms with van der Waals surface area (Å²) in [6.45, 7) is 3.98. The van der Waals surface area contributed by atoms with Gasteiger partial charge in [0.2, 0.25) is 0 Å². The van der Waals surface area contributed by atoms with Crippen LogP contribution in [0.1, 0.15) is 39.5 Å². The fraction of sp³-hybridized carbons (Fsp3) is 0.750. The highest BCUT2D eigenvalue weighted by molar-refractivity contribution is 5.18. The van der Waals surface area contributed by atoms with Crippen LogP contribution in [-0.4, -0.2) is 23.0 Å². The van der Waals surface area contributed by atoms with Crippen molar-refractivity contribution in [1.82, 2.24) is 4.90 Å². The summed E-state index contributed by atoms with van der Waals surface area (Å²) in [4.78, 5) is 2.06. The van der Waals surface area contributed by atoms with Crippen molar-refractivity contribution in [2.24, 2.45) is 0 Å². The Bertz CT molecular complexity index is 284. The van der Waals surface area contributed by atoms with Gasteiger partial charge in [0.05, 0.1) is 11.6 Å². The second kappa shape index (κ2) is 3.64. The lowest BCUT2D eigenvalue weighted by molar-refractivity contribution is 0.0996. The molecule has 1 aliphatic carbocycles. The van der Waals surface area contributed by atoms with Crippen molar-refractivity contribution in [3.05, 3.63) is 0 Å². The third-order valence-corrected chi connectivity index (χ3v) is 3.47. The van der Waals surface area contributed by atoms with Gasteiger partial charge in [-0.05, 0) is 33.7 Å². The molecule has 0 aliphatic heterocycles. The molecule has 0 spiro atoms. The van der Waals surface area contributed by atoms with Crippen LogP contribution in [0.15, 0.2) is 0 Å². The van der Waals surface area contributed by atoms with Gasteiger partial charge in [0, 0.05) is 0 Å². The monoisotopic (exact) mass is 190 g/mol. The first-order valence-corrected chi connectivity index (χ1v) is 5.11. The van der Waals surface area contributed by atoms with Crippen LogP contribution in [-0.2, 0) is 0 Å². The molecule has 0 aromatic carbocycles. The van der Waals surface area contributed by atoms with Gasteiger partial charge < -0.3 is 0 Å². The van der Waals surface area contributed by atoms with Crippen molar-refractivity contribution >= 4 is 0 Å². The second-order valence-electron chi connectivity index (χ2n) is 4.61. The molecule has 1 fully saturated rings. The topological polar surface area (TPSA) is 27.0 Å². The molecule has 2 heteroatoms. The SMILES string of the molecule is C#CC(C)(C)N(C)C1(C#N)CCCC1. The number of rotatable bonds is 2. The molecule has 0 amide bonds. The standard InChI is InChI=1S/C12H18N2/c1-5-11(2,3)14(4)12(10-13)8-6-7-9-12/h1H,6-9H2,2-4H3. The van der Waals surface area contributed by atoms with Gasteiger partial charge in [-0.25, -0.2) is 0 Å². The van der Waals surface area contributed by atoms with Gasteiger partial charge in [-0.1, -0.05) is 18.8 Å². The van der Waals surface area contributed by atoms with E-state index in [4.69, 9.17) is 6.42 Å². The summed E-state index contributed by atoms with van der Waals surface area (Å²) in [7, 11) is 1.97. The minimum absolute atomic E-state index is 0.324.